The molecule has 2 aromatic heterocycles. The van der Waals surface area contributed by atoms with Gasteiger partial charge < -0.3 is 13.7 Å². The van der Waals surface area contributed by atoms with Crippen LogP contribution in [0, 0.1) is 0 Å². The molecular formula is C52H33NO2. The summed E-state index contributed by atoms with van der Waals surface area (Å²) >= 11 is 0. The van der Waals surface area contributed by atoms with Gasteiger partial charge in [0.2, 0.25) is 0 Å². The molecule has 55 heavy (non-hydrogen) atoms. The first-order chi connectivity index (χ1) is 27.2. The first-order valence-electron chi connectivity index (χ1n) is 18.7. The first kappa shape index (κ1) is 31.2. The topological polar surface area (TPSA) is 29.5 Å². The van der Waals surface area contributed by atoms with E-state index in [1.807, 2.05) is 30.3 Å². The maximum atomic E-state index is 6.38. The second-order valence-electron chi connectivity index (χ2n) is 14.1. The number of furan rings is 2. The summed E-state index contributed by atoms with van der Waals surface area (Å²) in [5, 5.41) is 7.00. The fourth-order valence-electron chi connectivity index (χ4n) is 8.25. The van der Waals surface area contributed by atoms with E-state index in [2.05, 4.69) is 175 Å². The van der Waals surface area contributed by atoms with E-state index >= 15 is 0 Å². The van der Waals surface area contributed by atoms with Gasteiger partial charge >= 0.3 is 0 Å². The highest BCUT2D eigenvalue weighted by Crippen LogP contribution is 2.42. The molecule has 0 atom stereocenters. The Kier molecular flexibility index (Phi) is 7.17. The van der Waals surface area contributed by atoms with E-state index in [4.69, 9.17) is 8.83 Å². The van der Waals surface area contributed by atoms with Crippen LogP contribution in [0.3, 0.4) is 0 Å². The lowest BCUT2D eigenvalue weighted by molar-refractivity contribution is 0.668. The van der Waals surface area contributed by atoms with Crippen molar-refractivity contribution in [2.24, 2.45) is 0 Å². The van der Waals surface area contributed by atoms with Crippen molar-refractivity contribution < 1.29 is 8.83 Å². The van der Waals surface area contributed by atoms with Gasteiger partial charge in [0.05, 0.1) is 0 Å². The van der Waals surface area contributed by atoms with Crippen molar-refractivity contribution in [1.29, 1.82) is 0 Å². The quantitative estimate of drug-likeness (QED) is 0.173. The molecular weight excluding hydrogens is 671 g/mol. The van der Waals surface area contributed by atoms with E-state index < -0.39 is 0 Å². The summed E-state index contributed by atoms with van der Waals surface area (Å²) in [6, 6.07) is 71.0. The molecule has 0 N–H and O–H groups in total. The number of fused-ring (bicyclic) bond motifs is 7. The molecule has 11 aromatic rings. The second-order valence-corrected chi connectivity index (χ2v) is 14.1. The van der Waals surface area contributed by atoms with E-state index in [1.165, 1.54) is 27.5 Å². The van der Waals surface area contributed by atoms with E-state index in [9.17, 15) is 0 Å². The summed E-state index contributed by atoms with van der Waals surface area (Å²) in [4.78, 5) is 2.31. The van der Waals surface area contributed by atoms with E-state index in [1.54, 1.807) is 0 Å². The third kappa shape index (κ3) is 5.28. The van der Waals surface area contributed by atoms with Crippen LogP contribution in [0.15, 0.2) is 209 Å². The van der Waals surface area contributed by atoms with Gasteiger partial charge in [0.15, 0.2) is 0 Å². The molecule has 0 spiro atoms. The zero-order chi connectivity index (χ0) is 36.3. The van der Waals surface area contributed by atoms with Crippen molar-refractivity contribution in [2.75, 3.05) is 4.90 Å². The summed E-state index contributed by atoms with van der Waals surface area (Å²) in [6.07, 6.45) is 0. The minimum absolute atomic E-state index is 0.862. The molecule has 3 nitrogen and oxygen atoms in total. The Morgan fingerprint density at radius 3 is 1.65 bits per heavy atom. The zero-order valence-corrected chi connectivity index (χ0v) is 29.8. The van der Waals surface area contributed by atoms with Gasteiger partial charge in [0.1, 0.15) is 22.3 Å². The van der Waals surface area contributed by atoms with Gasteiger partial charge in [-0.1, -0.05) is 133 Å². The number of para-hydroxylation sites is 2. The van der Waals surface area contributed by atoms with Gasteiger partial charge in [-0.2, -0.15) is 0 Å². The molecule has 0 aliphatic carbocycles. The summed E-state index contributed by atoms with van der Waals surface area (Å²) < 4.78 is 12.6. The van der Waals surface area contributed by atoms with Crippen molar-refractivity contribution in [3.63, 3.8) is 0 Å². The maximum absolute atomic E-state index is 6.38. The molecule has 0 bridgehead atoms. The average Bonchev–Trinajstić information content (AvgIpc) is 3.82. The number of nitrogens with zero attached hydrogens (tertiary/aromatic N) is 1. The van der Waals surface area contributed by atoms with Crippen LogP contribution in [0.1, 0.15) is 0 Å². The fraction of sp³-hybridized carbons (Fsp3) is 0. The minimum atomic E-state index is 0.862. The molecule has 9 aromatic carbocycles. The summed E-state index contributed by atoms with van der Waals surface area (Å²) in [7, 11) is 0. The monoisotopic (exact) mass is 703 g/mol. The largest absolute Gasteiger partial charge is 0.456 e. The summed E-state index contributed by atoms with van der Waals surface area (Å²) in [6.45, 7) is 0. The number of rotatable bonds is 6. The van der Waals surface area contributed by atoms with Crippen LogP contribution in [0.5, 0.6) is 0 Å². The van der Waals surface area contributed by atoms with Gasteiger partial charge in [-0.3, -0.25) is 0 Å². The SMILES string of the molecule is c1cc(-c2ccc(N(c3ccc(-c4cccc5oc6ccccc6c45)cc3)c3ccc4c(c3)oc3ccccc34)cc2)cc(-c2cccc3ccccc23)c1. The maximum Gasteiger partial charge on any atom is 0.137 e. The lowest BCUT2D eigenvalue weighted by Crippen LogP contribution is -2.09. The van der Waals surface area contributed by atoms with Gasteiger partial charge in [0, 0.05) is 44.7 Å². The molecule has 2 heterocycles. The Bertz CT molecular complexity index is 3200. The molecule has 0 unspecified atom stereocenters. The predicted molar refractivity (Wildman–Crippen MR) is 229 cm³/mol. The lowest BCUT2D eigenvalue weighted by Gasteiger charge is -2.26. The summed E-state index contributed by atoms with van der Waals surface area (Å²) in [5.41, 5.74) is 13.7. The molecule has 0 amide bonds. The van der Waals surface area contributed by atoms with Crippen molar-refractivity contribution in [2.45, 2.75) is 0 Å². The van der Waals surface area contributed by atoms with Crippen LogP contribution in [0.2, 0.25) is 0 Å². The smallest absolute Gasteiger partial charge is 0.137 e. The Hall–Kier alpha value is -7.36. The summed E-state index contributed by atoms with van der Waals surface area (Å²) in [5.74, 6) is 0. The van der Waals surface area contributed by atoms with E-state index in [-0.39, 0.29) is 0 Å². The number of benzene rings is 9. The lowest BCUT2D eigenvalue weighted by atomic mass is 9.95. The van der Waals surface area contributed by atoms with Gasteiger partial charge in [-0.05, 0) is 105 Å². The first-order valence-corrected chi connectivity index (χ1v) is 18.7. The number of hydrogen-bond donors (Lipinski definition) is 0. The Morgan fingerprint density at radius 1 is 0.291 bits per heavy atom. The Labute approximate surface area is 317 Å². The van der Waals surface area contributed by atoms with Gasteiger partial charge in [-0.25, -0.2) is 0 Å². The molecule has 0 radical (unpaired) electrons. The molecule has 0 saturated carbocycles. The highest BCUT2D eigenvalue weighted by Gasteiger charge is 2.18. The molecule has 0 saturated heterocycles. The second kappa shape index (κ2) is 12.6. The van der Waals surface area contributed by atoms with Crippen LogP contribution in [-0.4, -0.2) is 0 Å². The van der Waals surface area contributed by atoms with Crippen molar-refractivity contribution >= 4 is 71.7 Å². The number of hydrogen-bond acceptors (Lipinski definition) is 3. The normalized spacial score (nSPS) is 11.6. The van der Waals surface area contributed by atoms with Crippen LogP contribution < -0.4 is 4.90 Å². The highest BCUT2D eigenvalue weighted by atomic mass is 16.3. The predicted octanol–water partition coefficient (Wildman–Crippen LogP) is 15.1. The molecule has 0 aliphatic heterocycles. The van der Waals surface area contributed by atoms with Crippen LogP contribution >= 0.6 is 0 Å². The van der Waals surface area contributed by atoms with E-state index in [0.29, 0.717) is 0 Å². The molecule has 11 rings (SSSR count). The van der Waals surface area contributed by atoms with Crippen molar-refractivity contribution in [3.05, 3.63) is 200 Å². The van der Waals surface area contributed by atoms with Gasteiger partial charge in [0.25, 0.3) is 0 Å². The molecule has 0 fully saturated rings. The third-order valence-corrected chi connectivity index (χ3v) is 10.9. The molecule has 258 valence electrons. The molecule has 3 heteroatoms. The van der Waals surface area contributed by atoms with Gasteiger partial charge in [-0.15, -0.1) is 0 Å². The van der Waals surface area contributed by atoms with Crippen LogP contribution in [0.25, 0.3) is 88.0 Å². The minimum Gasteiger partial charge on any atom is -0.456 e. The number of anilines is 3. The molecule has 0 aliphatic rings. The van der Waals surface area contributed by atoms with Crippen LogP contribution in [0.4, 0.5) is 17.1 Å². The third-order valence-electron chi connectivity index (χ3n) is 10.9. The standard InChI is InChI=1S/C52H33NO2/c1-2-14-42-35(10-1)11-8-17-43(42)38-13-7-12-37(32-38)34-22-26-39(27-23-34)53(41-30-31-46-45-15-3-5-19-48(45)55-51(46)33-41)40-28-24-36(25-29-40)44-18-9-21-50-52(44)47-16-4-6-20-49(47)54-50/h1-33H. The van der Waals surface area contributed by atoms with Crippen LogP contribution in [-0.2, 0) is 0 Å². The Morgan fingerprint density at radius 2 is 0.836 bits per heavy atom. The average molecular weight is 704 g/mol. The zero-order valence-electron chi connectivity index (χ0n) is 29.8. The Balaban J connectivity index is 1.00. The highest BCUT2D eigenvalue weighted by molar-refractivity contribution is 6.12. The fourth-order valence-corrected chi connectivity index (χ4v) is 8.25. The van der Waals surface area contributed by atoms with Crippen molar-refractivity contribution in [3.8, 4) is 33.4 Å². The van der Waals surface area contributed by atoms with E-state index in [0.717, 1.165) is 77.6 Å². The van der Waals surface area contributed by atoms with Crippen molar-refractivity contribution in [1.82, 2.24) is 0 Å².